The van der Waals surface area contributed by atoms with E-state index in [-0.39, 0.29) is 186 Å². The molecule has 12 aromatic heterocycles. The molecule has 0 amide bonds. The van der Waals surface area contributed by atoms with Crippen molar-refractivity contribution in [3.63, 3.8) is 0 Å². The summed E-state index contributed by atoms with van der Waals surface area (Å²) in [5.41, 5.74) is 20.1. The number of aryl methyl sites for hydroxylation is 6. The Labute approximate surface area is 704 Å². The zero-order chi connectivity index (χ0) is 71.9. The zero-order valence-electron chi connectivity index (χ0n) is 63.4. The van der Waals surface area contributed by atoms with E-state index < -0.39 is 0 Å². The first-order chi connectivity index (χ1) is 47.2. The van der Waals surface area contributed by atoms with Gasteiger partial charge < -0.3 is 55.2 Å². The number of pyridine rings is 12. The number of nitrogens with zero attached hydrogens (tertiary/aromatic N) is 6. The molecule has 0 spiro atoms. The minimum absolute atomic E-state index is 0. The molecular weight excluding hydrogens is 2390 g/mol. The van der Waals surface area contributed by atoms with Crippen LogP contribution in [-0.4, -0.2) is 26.4 Å². The van der Waals surface area contributed by atoms with Crippen LogP contribution in [0.25, 0.3) is 33.1 Å². The number of hydrogen-bond acceptors (Lipinski definition) is 6. The molecule has 0 aliphatic heterocycles. The Morgan fingerprint density at radius 1 is 0.396 bits per heavy atom. The van der Waals surface area contributed by atoms with Gasteiger partial charge >= 0.3 is 0 Å². The first kappa shape index (κ1) is 89.4. The van der Waals surface area contributed by atoms with Gasteiger partial charge in [0.05, 0.1) is 0 Å². The molecule has 0 aromatic carbocycles. The van der Waals surface area contributed by atoms with Crippen LogP contribution < -0.4 is 33.4 Å². The Bertz CT molecular complexity index is 5640. The van der Waals surface area contributed by atoms with E-state index in [9.17, 15) is 28.8 Å². The van der Waals surface area contributed by atoms with Crippen molar-refractivity contribution in [2.75, 3.05) is 0 Å². The van der Waals surface area contributed by atoms with Crippen molar-refractivity contribution in [3.8, 4) is 0 Å². The predicted molar refractivity (Wildman–Crippen MR) is 404 cm³/mol. The molecule has 2 fully saturated rings. The summed E-state index contributed by atoms with van der Waals surface area (Å²) in [5.74, 6) is 1.18. The molecule has 0 saturated heterocycles. The molecule has 18 heteroatoms. The average Bonchev–Trinajstić information content (AvgIpc) is 1.53. The summed E-state index contributed by atoms with van der Waals surface area (Å²) in [6.45, 7) is 36.2. The molecule has 572 valence electrons. The fraction of sp³-hybridized carbons (Fsp3) is 0.386. The standard InChI is InChI=1S/C18H22NO.2C16H18NO.C14H12NO.2C12H12NO.6Ir/c1-16(2)13-11-12-9-7-8-10-19(12)15(20)14(13)17(3,4)18(16,5)6;1-15(2)10-16(3,4)13-12(15)9-11-7-5-6-8-17(11)14(13)18;1-16(8-4-2-5-9-16)13-11-14-7-3-6-10-17(14)15(18)12-13;16-14-13-10-5-4-9(7-10)12(13)8-11-3-1-2-6-15(11)14;1-8-4-5-13-11(6-8)9(2)7-10(3)12(13)14;1-8-5-4-6-13-11(8)9(2)7-10(3)12(13)14;;;;;;/h7-9,11H,1-6H3;5-7,9H,10H2,1-4H3;3,6-7,11-12H,2,4-5,8-9H2,1H3;1-3,8-10H,4-5,7H2;4,6-7H,1-3H3;4-5,7H,1-3H3;;;;;;/q6*-1;;;;;;. The Morgan fingerprint density at radius 2 is 0.877 bits per heavy atom. The van der Waals surface area contributed by atoms with Gasteiger partial charge in [-0.2, -0.15) is 0 Å². The van der Waals surface area contributed by atoms with Gasteiger partial charge in [-0.25, -0.2) is 0 Å². The van der Waals surface area contributed by atoms with Gasteiger partial charge in [0.15, 0.2) is 33.4 Å². The smallest absolute Gasteiger partial charge is 0.174 e. The van der Waals surface area contributed by atoms with Crippen molar-refractivity contribution in [2.24, 2.45) is 5.41 Å². The van der Waals surface area contributed by atoms with E-state index in [1.165, 1.54) is 73.6 Å². The first-order valence-corrected chi connectivity index (χ1v) is 35.5. The van der Waals surface area contributed by atoms with Crippen LogP contribution in [0.1, 0.15) is 218 Å². The van der Waals surface area contributed by atoms with Crippen molar-refractivity contribution in [1.29, 1.82) is 0 Å². The van der Waals surface area contributed by atoms with Crippen molar-refractivity contribution in [2.45, 2.75) is 214 Å². The maximum Gasteiger partial charge on any atom is 0.174 e. The fourth-order valence-corrected chi connectivity index (χ4v) is 17.3. The number of fused-ring (bicyclic) bond motifs is 13. The van der Waals surface area contributed by atoms with Crippen molar-refractivity contribution >= 4 is 33.1 Å². The largest absolute Gasteiger partial charge is 0.405 e. The fourth-order valence-electron chi connectivity index (χ4n) is 17.3. The van der Waals surface area contributed by atoms with E-state index in [1.807, 2.05) is 120 Å². The molecule has 0 N–H and O–H groups in total. The van der Waals surface area contributed by atoms with E-state index >= 15 is 0 Å². The normalized spacial score (nSPS) is 17.6. The van der Waals surface area contributed by atoms with Crippen molar-refractivity contribution in [3.05, 3.63) is 311 Å². The van der Waals surface area contributed by atoms with Gasteiger partial charge in [0, 0.05) is 121 Å². The topological polar surface area (TPSA) is 129 Å². The molecule has 12 aromatic rings. The molecule has 2 saturated carbocycles. The third kappa shape index (κ3) is 16.5. The summed E-state index contributed by atoms with van der Waals surface area (Å²) in [6, 6.07) is 44.7. The van der Waals surface area contributed by atoms with Crippen LogP contribution in [0.2, 0.25) is 0 Å². The van der Waals surface area contributed by atoms with Gasteiger partial charge in [0.2, 0.25) is 0 Å². The molecule has 17 rings (SSSR count). The van der Waals surface area contributed by atoms with E-state index in [0.29, 0.717) is 11.8 Å². The van der Waals surface area contributed by atoms with Crippen LogP contribution >= 0.6 is 0 Å². The Hall–Kier alpha value is -5.52. The molecule has 6 radical (unpaired) electrons. The summed E-state index contributed by atoms with van der Waals surface area (Å²) in [7, 11) is 0. The predicted octanol–water partition coefficient (Wildman–Crippen LogP) is 16.6. The number of aromatic nitrogens is 6. The van der Waals surface area contributed by atoms with E-state index in [4.69, 9.17) is 0 Å². The maximum absolute atomic E-state index is 12.9. The molecule has 5 aliphatic carbocycles. The van der Waals surface area contributed by atoms with E-state index in [1.54, 1.807) is 62.8 Å². The summed E-state index contributed by atoms with van der Waals surface area (Å²) >= 11 is 0. The monoisotopic (exact) mass is 2490 g/mol. The van der Waals surface area contributed by atoms with Crippen LogP contribution in [-0.2, 0) is 148 Å². The zero-order valence-corrected chi connectivity index (χ0v) is 77.8. The second-order valence-electron chi connectivity index (χ2n) is 32.0. The van der Waals surface area contributed by atoms with Crippen molar-refractivity contribution in [1.82, 2.24) is 26.4 Å². The molecule has 2 unspecified atom stereocenters. The third-order valence-electron chi connectivity index (χ3n) is 23.6. The Kier molecular flexibility index (Phi) is 29.0. The quantitative estimate of drug-likeness (QED) is 0.151. The van der Waals surface area contributed by atoms with Crippen LogP contribution in [0.15, 0.2) is 168 Å². The molecule has 106 heavy (non-hydrogen) atoms. The maximum atomic E-state index is 12.9. The van der Waals surface area contributed by atoms with Crippen LogP contribution in [0.5, 0.6) is 0 Å². The van der Waals surface area contributed by atoms with Gasteiger partial charge in [-0.3, -0.25) is 0 Å². The number of hydrogen-bond donors (Lipinski definition) is 0. The van der Waals surface area contributed by atoms with Gasteiger partial charge in [0.1, 0.15) is 0 Å². The second kappa shape index (κ2) is 34.4. The minimum Gasteiger partial charge on any atom is -0.405 e. The molecule has 5 aliphatic rings. The van der Waals surface area contributed by atoms with E-state index in [2.05, 4.69) is 138 Å². The molecule has 2 bridgehead atoms. The Balaban J connectivity index is 0.000000198. The minimum atomic E-state index is -0.159. The van der Waals surface area contributed by atoms with Crippen molar-refractivity contribution < 1.29 is 121 Å². The molecular formula is C88H94Ir6N6O6-6. The van der Waals surface area contributed by atoms with Gasteiger partial charge in [-0.05, 0) is 189 Å². The van der Waals surface area contributed by atoms with Gasteiger partial charge in [-0.1, -0.05) is 205 Å². The van der Waals surface area contributed by atoms with Crippen LogP contribution in [0.4, 0.5) is 0 Å². The summed E-state index contributed by atoms with van der Waals surface area (Å²) in [6.07, 6.45) is 28.9. The van der Waals surface area contributed by atoms with Gasteiger partial charge in [-0.15, -0.1) is 108 Å². The summed E-state index contributed by atoms with van der Waals surface area (Å²) < 4.78 is 9.73. The molecule has 2 atom stereocenters. The second-order valence-corrected chi connectivity index (χ2v) is 32.0. The summed E-state index contributed by atoms with van der Waals surface area (Å²) in [5, 5.41) is 0. The average molecular weight is 2490 g/mol. The van der Waals surface area contributed by atoms with E-state index in [0.717, 1.165) is 89.6 Å². The molecule has 12 nitrogen and oxygen atoms in total. The SMILES string of the molecule is CC1(C)CC(C)(C)c2c1cc1ccc[c-]n1c2=O.CC1(C)c2cc3ccc[c-]n3c(=O)c2C(C)(C)C1(C)C.CC1(c2cc(=O)n3[c-]cccc3c2)CCCCC1.Cc1c[c-]n2c(=O)c(C)cc(C)c2c1.Cc1cc(C)c2c(C)cc[c-]n2c1=O.O=c1c2c(cc3ccc[c-]n13)C1CCC2C1.[Ir].[Ir].[Ir].[Ir].[Ir].[Ir]. The first-order valence-electron chi connectivity index (χ1n) is 35.5. The summed E-state index contributed by atoms with van der Waals surface area (Å²) in [4.78, 5) is 73.5. The third-order valence-corrected chi connectivity index (χ3v) is 23.6. The molecule has 12 heterocycles. The Morgan fingerprint density at radius 3 is 1.45 bits per heavy atom. The van der Waals surface area contributed by atoms with Gasteiger partial charge in [0.25, 0.3) is 0 Å². The number of rotatable bonds is 1. The van der Waals surface area contributed by atoms with Crippen LogP contribution in [0, 0.1) is 84.1 Å². The van der Waals surface area contributed by atoms with Crippen LogP contribution in [0.3, 0.4) is 0 Å².